The molecule has 0 radical (unpaired) electrons. The van der Waals surface area contributed by atoms with Gasteiger partial charge in [0.15, 0.2) is 11.4 Å². The molecule has 0 fully saturated rings. The van der Waals surface area contributed by atoms with Gasteiger partial charge in [0, 0.05) is 32.1 Å². The van der Waals surface area contributed by atoms with Crippen molar-refractivity contribution >= 4 is 48.1 Å². The molecule has 2 aromatic heterocycles. The van der Waals surface area contributed by atoms with Crippen LogP contribution in [0.4, 0.5) is 5.69 Å². The van der Waals surface area contributed by atoms with Crippen LogP contribution in [0.25, 0.3) is 11.2 Å². The van der Waals surface area contributed by atoms with Crippen molar-refractivity contribution in [2.75, 3.05) is 12.3 Å². The molecule has 0 aliphatic carbocycles. The fourth-order valence-electron chi connectivity index (χ4n) is 2.95. The minimum atomic E-state index is -1.13. The van der Waals surface area contributed by atoms with Gasteiger partial charge in [0.2, 0.25) is 5.88 Å². The second-order valence-corrected chi connectivity index (χ2v) is 15.3. The molecule has 3 aromatic rings. The van der Waals surface area contributed by atoms with E-state index in [-0.39, 0.29) is 5.92 Å². The molecule has 2 N–H and O–H groups in total. The van der Waals surface area contributed by atoms with Gasteiger partial charge < -0.3 is 19.8 Å². The van der Waals surface area contributed by atoms with E-state index in [4.69, 9.17) is 38.4 Å². The van der Waals surface area contributed by atoms with Gasteiger partial charge in [-0.25, -0.2) is 9.97 Å². The van der Waals surface area contributed by atoms with E-state index in [1.165, 1.54) is 0 Å². The first-order valence-electron chi connectivity index (χ1n) is 9.91. The molecule has 0 atom stereocenters. The lowest BCUT2D eigenvalue weighted by Gasteiger charge is -2.15. The molecule has 0 amide bonds. The van der Waals surface area contributed by atoms with Crippen molar-refractivity contribution in [3.8, 4) is 11.6 Å². The topological polar surface area (TPSA) is 75.2 Å². The van der Waals surface area contributed by atoms with Crippen molar-refractivity contribution in [2.24, 2.45) is 0 Å². The summed E-state index contributed by atoms with van der Waals surface area (Å²) in [6.07, 6.45) is 3.62. The van der Waals surface area contributed by atoms with Gasteiger partial charge in [0.05, 0.1) is 16.2 Å². The van der Waals surface area contributed by atoms with Crippen molar-refractivity contribution in [3.63, 3.8) is 0 Å². The van der Waals surface area contributed by atoms with E-state index in [0.29, 0.717) is 34.1 Å². The van der Waals surface area contributed by atoms with Crippen LogP contribution < -0.4 is 10.5 Å². The summed E-state index contributed by atoms with van der Waals surface area (Å²) in [7, 11) is -1.13. The molecule has 9 heteroatoms. The van der Waals surface area contributed by atoms with E-state index in [0.717, 1.165) is 29.4 Å². The van der Waals surface area contributed by atoms with Gasteiger partial charge in [-0.05, 0) is 24.1 Å². The number of halogens is 2. The Morgan fingerprint density at radius 1 is 1.17 bits per heavy atom. The number of hydrogen-bond acceptors (Lipinski definition) is 5. The monoisotopic (exact) mass is 466 g/mol. The summed E-state index contributed by atoms with van der Waals surface area (Å²) in [5, 5.41) is 0.638. The maximum Gasteiger partial charge on any atom is 0.238 e. The van der Waals surface area contributed by atoms with E-state index in [2.05, 4.69) is 49.7 Å². The fourth-order valence-corrected chi connectivity index (χ4v) is 4.29. The van der Waals surface area contributed by atoms with Gasteiger partial charge >= 0.3 is 0 Å². The van der Waals surface area contributed by atoms with E-state index < -0.39 is 8.07 Å². The number of hydrogen-bond donors (Lipinski definition) is 1. The molecule has 6 nitrogen and oxygen atoms in total. The second-order valence-electron chi connectivity index (χ2n) is 8.85. The summed E-state index contributed by atoms with van der Waals surface area (Å²) in [5.74, 6) is 0.890. The van der Waals surface area contributed by atoms with E-state index in [1.807, 2.05) is 4.57 Å². The highest BCUT2D eigenvalue weighted by atomic mass is 35.5. The Morgan fingerprint density at radius 3 is 2.43 bits per heavy atom. The standard InChI is InChI=1S/C21H28Cl2N4O2Si/c1-13(2)15-11-27(12-28-6-7-30(3,4)5)21-19(15)26-18(10-25-21)29-20-16(22)8-14(24)9-17(20)23/h8-11,13H,6-7,12,24H2,1-5H3. The summed E-state index contributed by atoms with van der Waals surface area (Å²) >= 11 is 12.5. The minimum Gasteiger partial charge on any atom is -0.434 e. The van der Waals surface area contributed by atoms with Crippen molar-refractivity contribution in [3.05, 3.63) is 40.1 Å². The zero-order valence-electron chi connectivity index (χ0n) is 18.0. The van der Waals surface area contributed by atoms with Crippen LogP contribution in [-0.4, -0.2) is 29.2 Å². The summed E-state index contributed by atoms with van der Waals surface area (Å²) in [4.78, 5) is 9.26. The Labute approximate surface area is 188 Å². The Bertz CT molecular complexity index is 1020. The van der Waals surface area contributed by atoms with Crippen molar-refractivity contribution in [2.45, 2.75) is 52.2 Å². The number of rotatable bonds is 8. The average Bonchev–Trinajstić information content (AvgIpc) is 2.99. The number of ether oxygens (including phenoxy) is 2. The summed E-state index contributed by atoms with van der Waals surface area (Å²) < 4.78 is 13.8. The molecule has 30 heavy (non-hydrogen) atoms. The largest absolute Gasteiger partial charge is 0.434 e. The van der Waals surface area contributed by atoms with Crippen molar-refractivity contribution in [1.29, 1.82) is 0 Å². The Hall–Kier alpha value is -1.80. The number of aromatic nitrogens is 3. The molecule has 1 aromatic carbocycles. The molecule has 0 saturated heterocycles. The summed E-state index contributed by atoms with van der Waals surface area (Å²) in [6.45, 7) is 12.4. The van der Waals surface area contributed by atoms with Gasteiger partial charge in [0.1, 0.15) is 12.2 Å². The molecule has 0 unspecified atom stereocenters. The van der Waals surface area contributed by atoms with Gasteiger partial charge in [-0.3, -0.25) is 0 Å². The molecule has 3 rings (SSSR count). The van der Waals surface area contributed by atoms with E-state index in [1.54, 1.807) is 18.3 Å². The van der Waals surface area contributed by atoms with Crippen molar-refractivity contribution < 1.29 is 9.47 Å². The average molecular weight is 467 g/mol. The zero-order chi connectivity index (χ0) is 22.1. The SMILES string of the molecule is CC(C)c1cn(COCC[Si](C)(C)C)c2ncc(Oc3c(Cl)cc(N)cc3Cl)nc12. The minimum absolute atomic E-state index is 0.268. The number of fused-ring (bicyclic) bond motifs is 1. The van der Waals surface area contributed by atoms with Crippen LogP contribution in [0.2, 0.25) is 35.7 Å². The van der Waals surface area contributed by atoms with Crippen LogP contribution in [0.1, 0.15) is 25.3 Å². The number of nitrogens with two attached hydrogens (primary N) is 1. The number of nitrogens with zero attached hydrogens (tertiary/aromatic N) is 3. The molecule has 0 saturated carbocycles. The first-order valence-corrected chi connectivity index (χ1v) is 14.4. The van der Waals surface area contributed by atoms with Crippen LogP contribution in [0.3, 0.4) is 0 Å². The van der Waals surface area contributed by atoms with Gasteiger partial charge in [-0.2, -0.15) is 0 Å². The van der Waals surface area contributed by atoms with Gasteiger partial charge in [-0.1, -0.05) is 56.7 Å². The lowest BCUT2D eigenvalue weighted by atomic mass is 10.1. The fraction of sp³-hybridized carbons (Fsp3) is 0.429. The maximum atomic E-state index is 6.24. The molecule has 0 aliphatic heterocycles. The Morgan fingerprint density at radius 2 is 1.83 bits per heavy atom. The highest BCUT2D eigenvalue weighted by Crippen LogP contribution is 2.38. The van der Waals surface area contributed by atoms with Crippen molar-refractivity contribution in [1.82, 2.24) is 14.5 Å². The first-order chi connectivity index (χ1) is 14.0. The Kier molecular flexibility index (Phi) is 6.97. The highest BCUT2D eigenvalue weighted by Gasteiger charge is 2.18. The molecule has 2 heterocycles. The number of nitrogen functional groups attached to an aromatic ring is 1. The third-order valence-corrected chi connectivity index (χ3v) is 6.91. The van der Waals surface area contributed by atoms with Crippen LogP contribution in [0.15, 0.2) is 24.5 Å². The number of benzene rings is 1. The van der Waals surface area contributed by atoms with E-state index in [9.17, 15) is 0 Å². The first kappa shape index (κ1) is 22.9. The normalized spacial score (nSPS) is 12.1. The van der Waals surface area contributed by atoms with Crippen LogP contribution in [0.5, 0.6) is 11.6 Å². The molecular weight excluding hydrogens is 439 g/mol. The lowest BCUT2D eigenvalue weighted by molar-refractivity contribution is 0.0897. The molecule has 0 aliphatic rings. The molecule has 0 bridgehead atoms. The van der Waals surface area contributed by atoms with Gasteiger partial charge in [0.25, 0.3) is 0 Å². The summed E-state index contributed by atoms with van der Waals surface area (Å²) in [5.41, 5.74) is 8.84. The third kappa shape index (κ3) is 5.46. The quantitative estimate of drug-likeness (QED) is 0.231. The smallest absolute Gasteiger partial charge is 0.238 e. The van der Waals surface area contributed by atoms with E-state index >= 15 is 0 Å². The summed E-state index contributed by atoms with van der Waals surface area (Å²) in [6, 6.07) is 4.29. The van der Waals surface area contributed by atoms with Crippen LogP contribution >= 0.6 is 23.2 Å². The third-order valence-electron chi connectivity index (χ3n) is 4.65. The molecule has 0 spiro atoms. The predicted octanol–water partition coefficient (Wildman–Crippen LogP) is 6.55. The zero-order valence-corrected chi connectivity index (χ0v) is 20.5. The Balaban J connectivity index is 1.87. The highest BCUT2D eigenvalue weighted by molar-refractivity contribution is 6.76. The number of anilines is 1. The van der Waals surface area contributed by atoms with Gasteiger partial charge in [-0.15, -0.1) is 0 Å². The predicted molar refractivity (Wildman–Crippen MR) is 127 cm³/mol. The van der Waals surface area contributed by atoms with Crippen LogP contribution in [-0.2, 0) is 11.5 Å². The molecule has 162 valence electrons. The molecular formula is C21H28Cl2N4O2Si. The maximum absolute atomic E-state index is 6.24. The second kappa shape index (κ2) is 9.14. The van der Waals surface area contributed by atoms with Crippen LogP contribution in [0, 0.1) is 0 Å². The lowest BCUT2D eigenvalue weighted by Crippen LogP contribution is -2.22.